The molecule has 2 rings (SSSR count). The minimum absolute atomic E-state index is 0.340. The number of hydrogen-bond donors (Lipinski definition) is 2. The van der Waals surface area contributed by atoms with Gasteiger partial charge in [-0.2, -0.15) is 4.37 Å². The monoisotopic (exact) mass is 199 g/mol. The molecule has 0 bridgehead atoms. The molecular formula is C8H13N3OS. The number of hydrogen-bond acceptors (Lipinski definition) is 5. The summed E-state index contributed by atoms with van der Waals surface area (Å²) in [6.07, 6.45) is 2.12. The van der Waals surface area contributed by atoms with Gasteiger partial charge >= 0.3 is 0 Å². The highest BCUT2D eigenvalue weighted by Gasteiger charge is 2.27. The third-order valence-corrected chi connectivity index (χ3v) is 2.62. The Balaban J connectivity index is 1.89. The van der Waals surface area contributed by atoms with Crippen LogP contribution in [-0.2, 0) is 0 Å². The van der Waals surface area contributed by atoms with E-state index in [2.05, 4.69) is 14.7 Å². The molecule has 2 N–H and O–H groups in total. The van der Waals surface area contributed by atoms with Crippen LogP contribution in [0.15, 0.2) is 0 Å². The first-order valence-corrected chi connectivity index (χ1v) is 5.28. The van der Waals surface area contributed by atoms with Crippen molar-refractivity contribution in [3.8, 4) is 0 Å². The maximum Gasteiger partial charge on any atom is 0.202 e. The van der Waals surface area contributed by atoms with Gasteiger partial charge in [0, 0.05) is 24.0 Å². The van der Waals surface area contributed by atoms with Gasteiger partial charge in [-0.15, -0.1) is 0 Å². The summed E-state index contributed by atoms with van der Waals surface area (Å²) in [5.41, 5.74) is 0. The lowest BCUT2D eigenvalue weighted by atomic mass is 10.4. The summed E-state index contributed by atoms with van der Waals surface area (Å²) in [6.45, 7) is 2.29. The lowest BCUT2D eigenvalue weighted by Crippen LogP contribution is -2.15. The average molecular weight is 199 g/mol. The second-order valence-electron chi connectivity index (χ2n) is 3.46. The Bertz CT molecular complexity index is 283. The Morgan fingerprint density at radius 2 is 2.46 bits per heavy atom. The lowest BCUT2D eigenvalue weighted by molar-refractivity contribution is 0.208. The van der Waals surface area contributed by atoms with E-state index in [1.165, 1.54) is 24.4 Å². The highest BCUT2D eigenvalue weighted by atomic mass is 32.1. The van der Waals surface area contributed by atoms with Crippen LogP contribution in [0.25, 0.3) is 0 Å². The SMILES string of the molecule is CC(O)CNc1nc(C2CC2)ns1. The molecule has 1 fully saturated rings. The van der Waals surface area contributed by atoms with Crippen molar-refractivity contribution in [2.24, 2.45) is 0 Å². The van der Waals surface area contributed by atoms with Crippen LogP contribution in [0.5, 0.6) is 0 Å². The molecule has 1 atom stereocenters. The normalized spacial score (nSPS) is 18.6. The first-order valence-electron chi connectivity index (χ1n) is 4.51. The number of aromatic nitrogens is 2. The molecule has 1 unspecified atom stereocenters. The fraction of sp³-hybridized carbons (Fsp3) is 0.750. The zero-order valence-corrected chi connectivity index (χ0v) is 8.34. The molecule has 0 amide bonds. The Hall–Kier alpha value is -0.680. The molecule has 0 aromatic carbocycles. The highest BCUT2D eigenvalue weighted by molar-refractivity contribution is 7.09. The molecule has 0 spiro atoms. The van der Waals surface area contributed by atoms with Gasteiger partial charge in [0.1, 0.15) is 5.82 Å². The molecule has 5 heteroatoms. The van der Waals surface area contributed by atoms with E-state index in [0.29, 0.717) is 12.5 Å². The largest absolute Gasteiger partial charge is 0.392 e. The molecule has 1 aliphatic rings. The summed E-state index contributed by atoms with van der Waals surface area (Å²) < 4.78 is 4.24. The summed E-state index contributed by atoms with van der Waals surface area (Å²) in [4.78, 5) is 4.33. The Labute approximate surface area is 81.2 Å². The van der Waals surface area contributed by atoms with Gasteiger partial charge in [0.25, 0.3) is 0 Å². The summed E-state index contributed by atoms with van der Waals surface area (Å²) in [5, 5.41) is 12.9. The van der Waals surface area contributed by atoms with Crippen LogP contribution in [0.1, 0.15) is 31.5 Å². The van der Waals surface area contributed by atoms with Crippen molar-refractivity contribution in [2.45, 2.75) is 31.8 Å². The van der Waals surface area contributed by atoms with E-state index in [4.69, 9.17) is 5.11 Å². The van der Waals surface area contributed by atoms with Crippen LogP contribution in [0, 0.1) is 0 Å². The third kappa shape index (κ3) is 2.38. The van der Waals surface area contributed by atoms with E-state index in [9.17, 15) is 0 Å². The molecule has 1 saturated carbocycles. The maximum absolute atomic E-state index is 9.04. The molecule has 1 aromatic rings. The first kappa shape index (κ1) is 8.90. The van der Waals surface area contributed by atoms with Gasteiger partial charge in [-0.1, -0.05) is 0 Å². The smallest absolute Gasteiger partial charge is 0.202 e. The number of rotatable bonds is 4. The van der Waals surface area contributed by atoms with Crippen LogP contribution in [-0.4, -0.2) is 27.1 Å². The fourth-order valence-corrected chi connectivity index (χ4v) is 1.70. The van der Waals surface area contributed by atoms with Crippen molar-refractivity contribution in [3.05, 3.63) is 5.82 Å². The first-order chi connectivity index (χ1) is 6.25. The molecule has 4 nitrogen and oxygen atoms in total. The number of aliphatic hydroxyl groups excluding tert-OH is 1. The molecule has 1 aliphatic carbocycles. The van der Waals surface area contributed by atoms with E-state index >= 15 is 0 Å². The number of aliphatic hydroxyl groups is 1. The fourth-order valence-electron chi connectivity index (χ4n) is 1.05. The van der Waals surface area contributed by atoms with Crippen LogP contribution in [0.4, 0.5) is 5.13 Å². The number of anilines is 1. The number of nitrogens with zero attached hydrogens (tertiary/aromatic N) is 2. The van der Waals surface area contributed by atoms with Gasteiger partial charge in [0.15, 0.2) is 0 Å². The van der Waals surface area contributed by atoms with E-state index in [1.54, 1.807) is 6.92 Å². The van der Waals surface area contributed by atoms with Crippen LogP contribution in [0.3, 0.4) is 0 Å². The van der Waals surface area contributed by atoms with Crippen LogP contribution < -0.4 is 5.32 Å². The van der Waals surface area contributed by atoms with Gasteiger partial charge in [-0.05, 0) is 19.8 Å². The molecule has 1 heterocycles. The van der Waals surface area contributed by atoms with Crippen molar-refractivity contribution in [1.82, 2.24) is 9.36 Å². The standard InChI is InChI=1S/C8H13N3OS/c1-5(12)4-9-8-10-7(11-13-8)6-2-3-6/h5-6,12H,2-4H2,1H3,(H,9,10,11). The minimum Gasteiger partial charge on any atom is -0.392 e. The van der Waals surface area contributed by atoms with Gasteiger partial charge in [-0.3, -0.25) is 0 Å². The van der Waals surface area contributed by atoms with E-state index in [-0.39, 0.29) is 6.10 Å². The molecular weight excluding hydrogens is 186 g/mol. The van der Waals surface area contributed by atoms with Crippen molar-refractivity contribution in [3.63, 3.8) is 0 Å². The van der Waals surface area contributed by atoms with Gasteiger partial charge in [0.2, 0.25) is 5.13 Å². The van der Waals surface area contributed by atoms with Gasteiger partial charge in [0.05, 0.1) is 6.10 Å². The predicted molar refractivity (Wildman–Crippen MR) is 52.1 cm³/mol. The van der Waals surface area contributed by atoms with Crippen LogP contribution in [0.2, 0.25) is 0 Å². The summed E-state index contributed by atoms with van der Waals surface area (Å²) >= 11 is 1.38. The van der Waals surface area contributed by atoms with Crippen molar-refractivity contribution in [1.29, 1.82) is 0 Å². The van der Waals surface area contributed by atoms with Crippen molar-refractivity contribution in [2.75, 3.05) is 11.9 Å². The third-order valence-electron chi connectivity index (χ3n) is 1.93. The van der Waals surface area contributed by atoms with Crippen molar-refractivity contribution < 1.29 is 5.11 Å². The number of nitrogens with one attached hydrogen (secondary N) is 1. The molecule has 1 aromatic heterocycles. The zero-order chi connectivity index (χ0) is 9.26. The summed E-state index contributed by atoms with van der Waals surface area (Å²) in [7, 11) is 0. The molecule has 0 aliphatic heterocycles. The predicted octanol–water partition coefficient (Wildman–Crippen LogP) is 1.21. The van der Waals surface area contributed by atoms with Gasteiger partial charge in [-0.25, -0.2) is 4.98 Å². The van der Waals surface area contributed by atoms with E-state index < -0.39 is 0 Å². The lowest BCUT2D eigenvalue weighted by Gasteiger charge is -2.02. The second kappa shape index (κ2) is 3.59. The van der Waals surface area contributed by atoms with E-state index in [0.717, 1.165) is 11.0 Å². The average Bonchev–Trinajstić information content (AvgIpc) is 2.83. The summed E-state index contributed by atoms with van der Waals surface area (Å²) in [6, 6.07) is 0. The minimum atomic E-state index is -0.340. The topological polar surface area (TPSA) is 58.0 Å². The summed E-state index contributed by atoms with van der Waals surface area (Å²) in [5.74, 6) is 1.58. The quantitative estimate of drug-likeness (QED) is 0.765. The Kier molecular flexibility index (Phi) is 2.46. The Morgan fingerprint density at radius 3 is 3.08 bits per heavy atom. The molecule has 0 radical (unpaired) electrons. The van der Waals surface area contributed by atoms with Crippen molar-refractivity contribution >= 4 is 16.7 Å². The van der Waals surface area contributed by atoms with Crippen LogP contribution >= 0.6 is 11.5 Å². The van der Waals surface area contributed by atoms with Gasteiger partial charge < -0.3 is 10.4 Å². The molecule has 0 saturated heterocycles. The molecule has 72 valence electrons. The highest BCUT2D eigenvalue weighted by Crippen LogP contribution is 2.39. The van der Waals surface area contributed by atoms with E-state index in [1.807, 2.05) is 0 Å². The molecule has 13 heavy (non-hydrogen) atoms. The maximum atomic E-state index is 9.04. The second-order valence-corrected chi connectivity index (χ2v) is 4.21. The zero-order valence-electron chi connectivity index (χ0n) is 7.53. The Morgan fingerprint density at radius 1 is 1.69 bits per heavy atom.